The molecule has 6 rings (SSSR count). The van der Waals surface area contributed by atoms with Gasteiger partial charge >= 0.3 is 0 Å². The Morgan fingerprint density at radius 1 is 1.03 bits per heavy atom. The second kappa shape index (κ2) is 7.75. The van der Waals surface area contributed by atoms with Crippen LogP contribution in [-0.2, 0) is 7.05 Å². The van der Waals surface area contributed by atoms with Crippen LogP contribution in [0.2, 0.25) is 0 Å². The lowest BCUT2D eigenvalue weighted by Crippen LogP contribution is -2.28. The van der Waals surface area contributed by atoms with Gasteiger partial charge in [-0.1, -0.05) is 24.3 Å². The molecular weight excluding hydrogens is 412 g/mol. The van der Waals surface area contributed by atoms with E-state index in [0.29, 0.717) is 0 Å². The van der Waals surface area contributed by atoms with Crippen molar-refractivity contribution in [3.63, 3.8) is 0 Å². The zero-order chi connectivity index (χ0) is 22.5. The van der Waals surface area contributed by atoms with Gasteiger partial charge in [-0.15, -0.1) is 10.2 Å². The Balaban J connectivity index is 1.39. The molecule has 4 aromatic heterocycles. The van der Waals surface area contributed by atoms with Gasteiger partial charge in [0.05, 0.1) is 11.7 Å². The van der Waals surface area contributed by atoms with Crippen LogP contribution in [0, 0.1) is 0 Å². The third-order valence-electron chi connectivity index (χ3n) is 6.67. The highest BCUT2D eigenvalue weighted by Crippen LogP contribution is 2.28. The molecule has 1 saturated heterocycles. The number of pyridine rings is 2. The van der Waals surface area contributed by atoms with Crippen molar-refractivity contribution < 1.29 is 0 Å². The van der Waals surface area contributed by atoms with E-state index in [9.17, 15) is 0 Å². The molecule has 0 unspecified atom stereocenters. The first-order valence-corrected chi connectivity index (χ1v) is 11.3. The number of benzene rings is 1. The van der Waals surface area contributed by atoms with E-state index in [0.717, 1.165) is 58.7 Å². The van der Waals surface area contributed by atoms with E-state index in [-0.39, 0.29) is 12.1 Å². The second-order valence-corrected chi connectivity index (χ2v) is 8.94. The zero-order valence-corrected chi connectivity index (χ0v) is 18.8. The summed E-state index contributed by atoms with van der Waals surface area (Å²) in [7, 11) is 1.92. The molecule has 0 aliphatic carbocycles. The lowest BCUT2D eigenvalue weighted by molar-refractivity contribution is 0.259. The van der Waals surface area contributed by atoms with Gasteiger partial charge in [-0.05, 0) is 42.7 Å². The summed E-state index contributed by atoms with van der Waals surface area (Å²) in [6.45, 7) is 4.19. The van der Waals surface area contributed by atoms with Crippen molar-refractivity contribution in [2.45, 2.75) is 25.4 Å². The number of hydrogen-bond donors (Lipinski definition) is 1. The van der Waals surface area contributed by atoms with Gasteiger partial charge in [0.25, 0.3) is 0 Å². The molecule has 1 aliphatic heterocycles. The zero-order valence-electron chi connectivity index (χ0n) is 18.8. The number of likely N-dealkylation sites (tertiary alicyclic amines) is 1. The standard InChI is InChI=1S/C25H26N8/c1-16(32-10-9-21(26)15-32)19-6-8-24-29-30-25(33(24)14-19)22-7-5-17-3-4-18(11-23(17)28-22)20-12-27-31(2)13-20/h3-8,11-14,16,21H,9-10,15,26H2,1-2H3/t16-,21-/m0/s1. The molecule has 33 heavy (non-hydrogen) atoms. The fourth-order valence-corrected chi connectivity index (χ4v) is 4.70. The molecule has 2 atom stereocenters. The van der Waals surface area contributed by atoms with E-state index in [1.807, 2.05) is 36.0 Å². The van der Waals surface area contributed by atoms with Crippen LogP contribution in [0.5, 0.6) is 0 Å². The number of rotatable bonds is 4. The smallest absolute Gasteiger partial charge is 0.187 e. The summed E-state index contributed by atoms with van der Waals surface area (Å²) in [4.78, 5) is 7.38. The SMILES string of the molecule is C[C@@H](c1ccc2nnc(-c3ccc4ccc(-c5cnn(C)c5)cc4n3)n2c1)N1CC[C@H](N)C1. The Labute approximate surface area is 191 Å². The van der Waals surface area contributed by atoms with E-state index in [2.05, 4.69) is 63.6 Å². The maximum Gasteiger partial charge on any atom is 0.187 e. The van der Waals surface area contributed by atoms with E-state index in [1.165, 1.54) is 5.56 Å². The monoisotopic (exact) mass is 438 g/mol. The molecule has 1 aromatic carbocycles. The van der Waals surface area contributed by atoms with Gasteiger partial charge in [0.1, 0.15) is 5.69 Å². The molecule has 0 amide bonds. The molecule has 0 radical (unpaired) electrons. The van der Waals surface area contributed by atoms with Crippen molar-refractivity contribution in [2.24, 2.45) is 12.8 Å². The Kier molecular flexibility index (Phi) is 4.70. The number of nitrogens with zero attached hydrogens (tertiary/aromatic N) is 7. The second-order valence-electron chi connectivity index (χ2n) is 8.94. The van der Waals surface area contributed by atoms with Gasteiger partial charge < -0.3 is 5.73 Å². The maximum absolute atomic E-state index is 6.13. The van der Waals surface area contributed by atoms with E-state index < -0.39 is 0 Å². The van der Waals surface area contributed by atoms with Crippen LogP contribution in [0.25, 0.3) is 39.2 Å². The molecule has 0 saturated carbocycles. The minimum absolute atomic E-state index is 0.264. The first-order chi connectivity index (χ1) is 16.0. The summed E-state index contributed by atoms with van der Waals surface area (Å²) in [6.07, 6.45) is 7.06. The van der Waals surface area contributed by atoms with Crippen molar-refractivity contribution in [2.75, 3.05) is 13.1 Å². The van der Waals surface area contributed by atoms with Crippen molar-refractivity contribution >= 4 is 16.6 Å². The van der Waals surface area contributed by atoms with Crippen molar-refractivity contribution in [1.82, 2.24) is 34.3 Å². The Morgan fingerprint density at radius 2 is 1.91 bits per heavy atom. The fraction of sp³-hybridized carbons (Fsp3) is 0.280. The van der Waals surface area contributed by atoms with Crippen LogP contribution in [-0.4, -0.2) is 53.4 Å². The predicted octanol–water partition coefficient (Wildman–Crippen LogP) is 3.44. The quantitative estimate of drug-likeness (QED) is 0.462. The molecular formula is C25H26N8. The topological polar surface area (TPSA) is 90.2 Å². The predicted molar refractivity (Wildman–Crippen MR) is 129 cm³/mol. The number of nitrogens with two attached hydrogens (primary N) is 1. The molecule has 166 valence electrons. The average molecular weight is 439 g/mol. The maximum atomic E-state index is 6.13. The summed E-state index contributed by atoms with van der Waals surface area (Å²) in [5, 5.41) is 14.2. The van der Waals surface area contributed by atoms with E-state index in [1.54, 1.807) is 4.68 Å². The van der Waals surface area contributed by atoms with Crippen LogP contribution < -0.4 is 5.73 Å². The lowest BCUT2D eigenvalue weighted by atomic mass is 10.1. The number of fused-ring (bicyclic) bond motifs is 2. The van der Waals surface area contributed by atoms with Crippen LogP contribution >= 0.6 is 0 Å². The molecule has 0 bridgehead atoms. The Hall–Kier alpha value is -3.62. The highest BCUT2D eigenvalue weighted by molar-refractivity contribution is 5.85. The molecule has 8 nitrogen and oxygen atoms in total. The van der Waals surface area contributed by atoms with Crippen LogP contribution in [0.1, 0.15) is 24.9 Å². The summed E-state index contributed by atoms with van der Waals surface area (Å²) >= 11 is 0. The summed E-state index contributed by atoms with van der Waals surface area (Å²) in [5.41, 5.74) is 12.0. The van der Waals surface area contributed by atoms with E-state index in [4.69, 9.17) is 10.7 Å². The van der Waals surface area contributed by atoms with Gasteiger partial charge in [-0.25, -0.2) is 4.98 Å². The van der Waals surface area contributed by atoms with Gasteiger partial charge in [-0.2, -0.15) is 5.10 Å². The fourth-order valence-electron chi connectivity index (χ4n) is 4.70. The van der Waals surface area contributed by atoms with Crippen LogP contribution in [0.15, 0.2) is 61.1 Å². The van der Waals surface area contributed by atoms with Crippen LogP contribution in [0.3, 0.4) is 0 Å². The largest absolute Gasteiger partial charge is 0.326 e. The first-order valence-electron chi connectivity index (χ1n) is 11.3. The first kappa shape index (κ1) is 20.0. The molecule has 1 fully saturated rings. The Bertz CT molecular complexity index is 1470. The van der Waals surface area contributed by atoms with E-state index >= 15 is 0 Å². The molecule has 5 aromatic rings. The molecule has 0 spiro atoms. The lowest BCUT2D eigenvalue weighted by Gasteiger charge is -2.24. The highest BCUT2D eigenvalue weighted by atomic mass is 15.3. The normalized spacial score (nSPS) is 17.8. The summed E-state index contributed by atoms with van der Waals surface area (Å²) < 4.78 is 3.85. The van der Waals surface area contributed by atoms with Crippen molar-refractivity contribution in [3.8, 4) is 22.6 Å². The van der Waals surface area contributed by atoms with Crippen molar-refractivity contribution in [3.05, 3.63) is 66.6 Å². The third-order valence-corrected chi connectivity index (χ3v) is 6.67. The van der Waals surface area contributed by atoms with Gasteiger partial charge in [0, 0.05) is 55.6 Å². The summed E-state index contributed by atoms with van der Waals surface area (Å²) in [5.74, 6) is 0.742. The van der Waals surface area contributed by atoms with Gasteiger partial charge in [-0.3, -0.25) is 14.0 Å². The molecule has 1 aliphatic rings. The van der Waals surface area contributed by atoms with Crippen molar-refractivity contribution in [1.29, 1.82) is 0 Å². The molecule has 8 heteroatoms. The molecule has 5 heterocycles. The Morgan fingerprint density at radius 3 is 2.70 bits per heavy atom. The molecule has 2 N–H and O–H groups in total. The minimum atomic E-state index is 0.264. The number of hydrogen-bond acceptors (Lipinski definition) is 6. The number of aromatic nitrogens is 6. The van der Waals surface area contributed by atoms with Gasteiger partial charge in [0.2, 0.25) is 0 Å². The number of aryl methyl sites for hydroxylation is 1. The van der Waals surface area contributed by atoms with Gasteiger partial charge in [0.15, 0.2) is 11.5 Å². The van der Waals surface area contributed by atoms with Crippen LogP contribution in [0.4, 0.5) is 0 Å². The minimum Gasteiger partial charge on any atom is -0.326 e. The highest BCUT2D eigenvalue weighted by Gasteiger charge is 2.25. The summed E-state index contributed by atoms with van der Waals surface area (Å²) in [6, 6.07) is 15.1. The average Bonchev–Trinajstić information content (AvgIpc) is 3.57. The third kappa shape index (κ3) is 3.57.